The van der Waals surface area contributed by atoms with E-state index in [1.54, 1.807) is 11.9 Å². The van der Waals surface area contributed by atoms with E-state index < -0.39 is 0 Å². The van der Waals surface area contributed by atoms with Gasteiger partial charge in [0.1, 0.15) is 6.34 Å². The molecule has 1 heterocycles. The van der Waals surface area contributed by atoms with E-state index in [0.717, 1.165) is 0 Å². The lowest BCUT2D eigenvalue weighted by Crippen LogP contribution is -2.25. The van der Waals surface area contributed by atoms with Gasteiger partial charge in [-0.25, -0.2) is 4.40 Å². The molecule has 0 radical (unpaired) electrons. The van der Waals surface area contributed by atoms with Crippen molar-refractivity contribution in [3.05, 3.63) is 23.8 Å². The molecule has 1 aliphatic heterocycles. The van der Waals surface area contributed by atoms with Crippen LogP contribution >= 0.6 is 11.9 Å². The second-order valence-electron chi connectivity index (χ2n) is 3.92. The third kappa shape index (κ3) is 1.32. The Bertz CT molecular complexity index is 396. The predicted octanol–water partition coefficient (Wildman–Crippen LogP) is 3.01. The van der Waals surface area contributed by atoms with E-state index in [9.17, 15) is 0 Å². The summed E-state index contributed by atoms with van der Waals surface area (Å²) in [6.07, 6.45) is 4.59. The van der Waals surface area contributed by atoms with Crippen molar-refractivity contribution >= 4 is 24.0 Å². The summed E-state index contributed by atoms with van der Waals surface area (Å²) < 4.78 is 4.32. The van der Waals surface area contributed by atoms with Gasteiger partial charge in [0.15, 0.2) is 0 Å². The Balaban J connectivity index is 2.04. The van der Waals surface area contributed by atoms with Crippen LogP contribution in [0, 0.1) is 6.92 Å². The Morgan fingerprint density at radius 3 is 3.07 bits per heavy atom. The molecule has 2 nitrogen and oxygen atoms in total. The minimum atomic E-state index is 0.709. The number of fused-ring (bicyclic) bond motifs is 1. The van der Waals surface area contributed by atoms with Crippen molar-refractivity contribution in [3.63, 3.8) is 0 Å². The van der Waals surface area contributed by atoms with Crippen LogP contribution in [-0.4, -0.2) is 12.4 Å². The second kappa shape index (κ2) is 3.02. The first-order valence-electron chi connectivity index (χ1n) is 4.94. The zero-order chi connectivity index (χ0) is 9.54. The fraction of sp³-hybridized carbons (Fsp3) is 0.364. The Labute approximate surface area is 88.2 Å². The molecule has 1 aromatic rings. The first-order chi connectivity index (χ1) is 6.84. The minimum Gasteiger partial charge on any atom is -0.328 e. The minimum absolute atomic E-state index is 0.709. The number of rotatable bonds is 1. The molecule has 0 atom stereocenters. The Morgan fingerprint density at radius 2 is 2.29 bits per heavy atom. The van der Waals surface area contributed by atoms with Crippen LogP contribution in [0.1, 0.15) is 18.4 Å². The molecule has 0 saturated heterocycles. The smallest absolute Gasteiger partial charge is 0.104 e. The zero-order valence-electron chi connectivity index (χ0n) is 8.10. The van der Waals surface area contributed by atoms with E-state index in [0.29, 0.717) is 6.04 Å². The van der Waals surface area contributed by atoms with Crippen LogP contribution in [0.15, 0.2) is 27.5 Å². The maximum atomic E-state index is 4.32. The lowest BCUT2D eigenvalue weighted by Gasteiger charge is -2.24. The maximum Gasteiger partial charge on any atom is 0.104 e. The third-order valence-corrected chi connectivity index (χ3v) is 3.38. The topological polar surface area (TPSA) is 15.6 Å². The third-order valence-electron chi connectivity index (χ3n) is 2.66. The van der Waals surface area contributed by atoms with Crippen LogP contribution in [0.3, 0.4) is 0 Å². The summed E-state index contributed by atoms with van der Waals surface area (Å²) >= 11 is 1.58. The van der Waals surface area contributed by atoms with E-state index in [-0.39, 0.29) is 0 Å². The highest BCUT2D eigenvalue weighted by molar-refractivity contribution is 7.98. The molecule has 1 aliphatic carbocycles. The van der Waals surface area contributed by atoms with Crippen LogP contribution in [0.4, 0.5) is 5.69 Å². The SMILES string of the molecule is Cc1ccc2c(c1)SN=CN2C1CC1. The van der Waals surface area contributed by atoms with Crippen LogP contribution in [0.5, 0.6) is 0 Å². The highest BCUT2D eigenvalue weighted by atomic mass is 32.2. The van der Waals surface area contributed by atoms with Gasteiger partial charge in [-0.3, -0.25) is 0 Å². The normalized spacial score (nSPS) is 19.6. The zero-order valence-corrected chi connectivity index (χ0v) is 8.92. The summed E-state index contributed by atoms with van der Waals surface area (Å²) in [5, 5.41) is 0. The average Bonchev–Trinajstić information content (AvgIpc) is 2.99. The van der Waals surface area contributed by atoms with Gasteiger partial charge in [0.25, 0.3) is 0 Å². The van der Waals surface area contributed by atoms with E-state index in [4.69, 9.17) is 0 Å². The first kappa shape index (κ1) is 8.36. The number of aryl methyl sites for hydroxylation is 1. The molecule has 72 valence electrons. The van der Waals surface area contributed by atoms with Crippen molar-refractivity contribution in [1.29, 1.82) is 0 Å². The largest absolute Gasteiger partial charge is 0.328 e. The van der Waals surface area contributed by atoms with Gasteiger partial charge in [-0.05, 0) is 37.5 Å². The fourth-order valence-electron chi connectivity index (χ4n) is 1.74. The van der Waals surface area contributed by atoms with Gasteiger partial charge < -0.3 is 4.90 Å². The molecule has 0 amide bonds. The van der Waals surface area contributed by atoms with Crippen molar-refractivity contribution in [2.24, 2.45) is 4.40 Å². The summed E-state index contributed by atoms with van der Waals surface area (Å²) in [6.45, 7) is 2.13. The maximum absolute atomic E-state index is 4.32. The quantitative estimate of drug-likeness (QED) is 0.653. The molecule has 0 spiro atoms. The van der Waals surface area contributed by atoms with Crippen molar-refractivity contribution in [1.82, 2.24) is 0 Å². The molecule has 0 N–H and O–H groups in total. The Kier molecular flexibility index (Phi) is 1.80. The van der Waals surface area contributed by atoms with Gasteiger partial charge in [0, 0.05) is 18.0 Å². The van der Waals surface area contributed by atoms with E-state index >= 15 is 0 Å². The van der Waals surface area contributed by atoms with E-state index in [1.807, 2.05) is 6.34 Å². The van der Waals surface area contributed by atoms with E-state index in [2.05, 4.69) is 34.4 Å². The predicted molar refractivity (Wildman–Crippen MR) is 61.0 cm³/mol. The molecular weight excluding hydrogens is 192 g/mol. The molecule has 3 heteroatoms. The van der Waals surface area contributed by atoms with Crippen LogP contribution in [0.25, 0.3) is 0 Å². The molecule has 0 unspecified atom stereocenters. The number of anilines is 1. The van der Waals surface area contributed by atoms with E-state index in [1.165, 1.54) is 29.0 Å². The summed E-state index contributed by atoms with van der Waals surface area (Å²) in [6, 6.07) is 7.31. The van der Waals surface area contributed by atoms with Crippen molar-refractivity contribution < 1.29 is 0 Å². The summed E-state index contributed by atoms with van der Waals surface area (Å²) in [5.41, 5.74) is 2.64. The fourth-order valence-corrected chi connectivity index (χ4v) is 2.51. The van der Waals surface area contributed by atoms with Gasteiger partial charge in [-0.15, -0.1) is 0 Å². The molecule has 0 bridgehead atoms. The van der Waals surface area contributed by atoms with Crippen molar-refractivity contribution in [3.8, 4) is 0 Å². The Morgan fingerprint density at radius 1 is 1.43 bits per heavy atom. The molecule has 1 aromatic carbocycles. The first-order valence-corrected chi connectivity index (χ1v) is 5.71. The monoisotopic (exact) mass is 204 g/mol. The summed E-state index contributed by atoms with van der Waals surface area (Å²) in [5.74, 6) is 0. The highest BCUT2D eigenvalue weighted by Crippen LogP contribution is 2.40. The number of hydrogen-bond donors (Lipinski definition) is 0. The molecule has 1 fully saturated rings. The van der Waals surface area contributed by atoms with Crippen molar-refractivity contribution in [2.45, 2.75) is 30.7 Å². The molecular formula is C11H12N2S. The number of benzene rings is 1. The summed E-state index contributed by atoms with van der Waals surface area (Å²) in [4.78, 5) is 3.60. The van der Waals surface area contributed by atoms with Gasteiger partial charge in [-0.2, -0.15) is 0 Å². The Hall–Kier alpha value is -0.960. The van der Waals surface area contributed by atoms with Gasteiger partial charge in [-0.1, -0.05) is 6.07 Å². The van der Waals surface area contributed by atoms with Gasteiger partial charge in [0.2, 0.25) is 0 Å². The number of nitrogens with zero attached hydrogens (tertiary/aromatic N) is 2. The standard InChI is InChI=1S/C11H12N2S/c1-8-2-5-10-11(6-8)14-12-7-13(10)9-3-4-9/h2,5-7,9H,3-4H2,1H3. The molecule has 14 heavy (non-hydrogen) atoms. The molecule has 3 rings (SSSR count). The molecule has 2 aliphatic rings. The summed E-state index contributed by atoms with van der Waals surface area (Å²) in [7, 11) is 0. The van der Waals surface area contributed by atoms with Gasteiger partial charge in [0.05, 0.1) is 10.6 Å². The van der Waals surface area contributed by atoms with Crippen molar-refractivity contribution in [2.75, 3.05) is 4.90 Å². The van der Waals surface area contributed by atoms with Gasteiger partial charge >= 0.3 is 0 Å². The highest BCUT2D eigenvalue weighted by Gasteiger charge is 2.31. The van der Waals surface area contributed by atoms with Crippen LogP contribution in [-0.2, 0) is 0 Å². The van der Waals surface area contributed by atoms with Crippen LogP contribution < -0.4 is 4.90 Å². The second-order valence-corrected chi connectivity index (χ2v) is 4.76. The lowest BCUT2D eigenvalue weighted by atomic mass is 10.2. The number of hydrogen-bond acceptors (Lipinski definition) is 3. The lowest BCUT2D eigenvalue weighted by molar-refractivity contribution is 0.995. The molecule has 0 aromatic heterocycles. The molecule has 1 saturated carbocycles. The van der Waals surface area contributed by atoms with Crippen LogP contribution in [0.2, 0.25) is 0 Å². The average molecular weight is 204 g/mol.